The van der Waals surface area contributed by atoms with E-state index in [0.29, 0.717) is 0 Å². The third-order valence-corrected chi connectivity index (χ3v) is 24.9. The molecule has 1 saturated carbocycles. The minimum absolute atomic E-state index is 0.291. The van der Waals surface area contributed by atoms with Crippen molar-refractivity contribution in [2.45, 2.75) is 44.4 Å². The molecule has 18 rings (SSSR count). The zero-order chi connectivity index (χ0) is 59.5. The predicted molar refractivity (Wildman–Crippen MR) is 381 cm³/mol. The molecule has 0 bridgehead atoms. The van der Waals surface area contributed by atoms with Gasteiger partial charge in [0.05, 0.1) is 28.4 Å². The highest BCUT2D eigenvalue weighted by molar-refractivity contribution is 7.20. The van der Waals surface area contributed by atoms with Crippen LogP contribution < -0.4 is 30.5 Å². The van der Waals surface area contributed by atoms with E-state index in [0.717, 1.165) is 104 Å². The Kier molecular flexibility index (Phi) is 12.1. The molecule has 1 fully saturated rings. The van der Waals surface area contributed by atoms with Crippen molar-refractivity contribution in [3.05, 3.63) is 314 Å². The number of furan rings is 2. The van der Waals surface area contributed by atoms with Crippen LogP contribution in [0.15, 0.2) is 306 Å². The summed E-state index contributed by atoms with van der Waals surface area (Å²) in [5.41, 5.74) is 16.3. The van der Waals surface area contributed by atoms with E-state index in [9.17, 15) is 0 Å². The van der Waals surface area contributed by atoms with Gasteiger partial charge in [-0.05, 0) is 151 Å². The first-order chi connectivity index (χ1) is 44.5. The van der Waals surface area contributed by atoms with Gasteiger partial charge in [0.2, 0.25) is 0 Å². The normalized spacial score (nSPS) is 13.7. The number of hydrogen-bond acceptors (Lipinski definition) is 4. The molecule has 90 heavy (non-hydrogen) atoms. The quantitative estimate of drug-likeness (QED) is 0.101. The van der Waals surface area contributed by atoms with Crippen LogP contribution in [0.25, 0.3) is 87.3 Å². The highest BCUT2D eigenvalue weighted by atomic mass is 28.3. The van der Waals surface area contributed by atoms with Crippen molar-refractivity contribution >= 4 is 139 Å². The summed E-state index contributed by atoms with van der Waals surface area (Å²) in [4.78, 5) is 5.11. The second-order valence-corrected chi connectivity index (χ2v) is 28.8. The van der Waals surface area contributed by atoms with Crippen molar-refractivity contribution in [2.24, 2.45) is 0 Å². The highest BCUT2D eigenvalue weighted by Crippen LogP contribution is 2.61. The molecule has 16 aromatic rings. The van der Waals surface area contributed by atoms with Gasteiger partial charge in [0.1, 0.15) is 11.2 Å². The molecule has 2 heterocycles. The summed E-state index contributed by atoms with van der Waals surface area (Å²) in [5, 5.41) is 16.9. The summed E-state index contributed by atoms with van der Waals surface area (Å²) in [6.45, 7) is 2.23. The van der Waals surface area contributed by atoms with Crippen LogP contribution in [0.4, 0.5) is 34.1 Å². The Morgan fingerprint density at radius 3 is 1.39 bits per heavy atom. The summed E-state index contributed by atoms with van der Waals surface area (Å²) in [6, 6.07) is 111. The van der Waals surface area contributed by atoms with Gasteiger partial charge in [0.15, 0.2) is 19.2 Å². The minimum Gasteiger partial charge on any atom is -0.454 e. The molecule has 428 valence electrons. The zero-order valence-corrected chi connectivity index (χ0v) is 51.0. The minimum atomic E-state index is -3.11. The molecule has 0 amide bonds. The second kappa shape index (κ2) is 20.7. The van der Waals surface area contributed by atoms with Crippen LogP contribution in [0, 0.1) is 6.92 Å². The maximum absolute atomic E-state index is 7.35. The lowest BCUT2D eigenvalue weighted by Crippen LogP contribution is -2.74. The average molecular weight is 1170 g/mol. The number of anilines is 6. The molecular formula is C85H62N2O2Si. The average Bonchev–Trinajstić information content (AvgIpc) is 1.50. The van der Waals surface area contributed by atoms with E-state index in [1.165, 1.54) is 87.3 Å². The van der Waals surface area contributed by atoms with Crippen LogP contribution in [0.3, 0.4) is 0 Å². The molecule has 0 saturated heterocycles. The topological polar surface area (TPSA) is 32.8 Å². The second-order valence-electron chi connectivity index (χ2n) is 25.0. The molecule has 0 aliphatic heterocycles. The lowest BCUT2D eigenvalue weighted by Gasteiger charge is -2.38. The Bertz CT molecular complexity index is 5400. The van der Waals surface area contributed by atoms with E-state index in [-0.39, 0.29) is 5.41 Å². The molecule has 2 aromatic heterocycles. The SMILES string of the molecule is Cc1cc(N(c2cccc3ccccc23)c2cc3c(c4ccccc24)-c2ccc(N(c4cccc5ccccc45)c4cc([Si](c5ccccc5)(c5ccccc5)c5ccccc5)cc5c4oc4ccccc45)cc2C32CCCCC2)c2oc3ccccc3c2c1. The lowest BCUT2D eigenvalue weighted by atomic mass is 9.67. The van der Waals surface area contributed by atoms with Crippen LogP contribution in [-0.4, -0.2) is 8.07 Å². The molecule has 0 atom stereocenters. The maximum atomic E-state index is 7.35. The van der Waals surface area contributed by atoms with Gasteiger partial charge in [-0.15, -0.1) is 0 Å². The molecule has 1 spiro atoms. The van der Waals surface area contributed by atoms with E-state index in [1.807, 2.05) is 0 Å². The van der Waals surface area contributed by atoms with Gasteiger partial charge in [0.25, 0.3) is 0 Å². The lowest BCUT2D eigenvalue weighted by molar-refractivity contribution is 0.353. The predicted octanol–water partition coefficient (Wildman–Crippen LogP) is 20.8. The van der Waals surface area contributed by atoms with Crippen molar-refractivity contribution in [1.82, 2.24) is 0 Å². The largest absolute Gasteiger partial charge is 0.454 e. The smallest absolute Gasteiger partial charge is 0.179 e. The Morgan fingerprint density at radius 1 is 0.322 bits per heavy atom. The first-order valence-electron chi connectivity index (χ1n) is 31.8. The van der Waals surface area contributed by atoms with E-state index < -0.39 is 8.07 Å². The maximum Gasteiger partial charge on any atom is 0.179 e. The first-order valence-corrected chi connectivity index (χ1v) is 33.8. The van der Waals surface area contributed by atoms with E-state index in [1.54, 1.807) is 0 Å². The molecule has 0 radical (unpaired) electrons. The van der Waals surface area contributed by atoms with Crippen molar-refractivity contribution < 1.29 is 8.83 Å². The summed E-state index contributed by atoms with van der Waals surface area (Å²) >= 11 is 0. The molecule has 0 unspecified atom stereocenters. The Hall–Kier alpha value is -10.7. The fraction of sp³-hybridized carbons (Fsp3) is 0.0824. The number of aryl methyl sites for hydroxylation is 1. The van der Waals surface area contributed by atoms with Crippen molar-refractivity contribution in [1.29, 1.82) is 0 Å². The standard InChI is InChI=1S/C85H62N2O2Si/c1-56-50-71-67-39-18-20-44-80(67)88-83(71)78(51-56)87(76-43-25-29-58-27-13-15-37-65(58)76)77-55-74-82(69-41-17-16-38-66(69)77)70-47-46-59(52-73(70)85(74)48-22-5-23-49-85)86(75-42-24-28-57-26-12-14-36-64(57)75)79-54-63(53-72-68-40-19-21-45-81(68)89-84(72)79)90(60-30-6-2-7-31-60,61-32-8-3-9-33-61)62-34-10-4-11-35-62/h2-4,6-21,24-47,50-55H,5,22-23,48-49H2,1H3. The molecule has 2 aliphatic rings. The summed E-state index contributed by atoms with van der Waals surface area (Å²) < 4.78 is 14.4. The Labute approximate surface area is 524 Å². The Morgan fingerprint density at radius 2 is 0.800 bits per heavy atom. The van der Waals surface area contributed by atoms with Crippen molar-refractivity contribution in [3.63, 3.8) is 0 Å². The van der Waals surface area contributed by atoms with Crippen molar-refractivity contribution in [2.75, 3.05) is 9.80 Å². The first kappa shape index (κ1) is 52.4. The number of para-hydroxylation sites is 2. The number of fused-ring (bicyclic) bond motifs is 15. The van der Waals surface area contributed by atoms with Gasteiger partial charge in [-0.1, -0.05) is 250 Å². The van der Waals surface area contributed by atoms with Crippen LogP contribution in [0.5, 0.6) is 0 Å². The third-order valence-electron chi connectivity index (χ3n) is 20.1. The van der Waals surface area contributed by atoms with E-state index in [4.69, 9.17) is 8.83 Å². The van der Waals surface area contributed by atoms with Crippen molar-refractivity contribution in [3.8, 4) is 11.1 Å². The van der Waals surface area contributed by atoms with Gasteiger partial charge in [0, 0.05) is 48.8 Å². The van der Waals surface area contributed by atoms with Crippen LogP contribution in [0.1, 0.15) is 48.8 Å². The summed E-state index contributed by atoms with van der Waals surface area (Å²) in [6.07, 6.45) is 5.55. The molecule has 5 heteroatoms. The number of benzene rings is 14. The van der Waals surface area contributed by atoms with Crippen LogP contribution in [0.2, 0.25) is 0 Å². The van der Waals surface area contributed by atoms with Gasteiger partial charge >= 0.3 is 0 Å². The highest BCUT2D eigenvalue weighted by Gasteiger charge is 2.47. The summed E-state index contributed by atoms with van der Waals surface area (Å²) in [7, 11) is -3.11. The third kappa shape index (κ3) is 7.85. The van der Waals surface area contributed by atoms with Gasteiger partial charge in [-0.3, -0.25) is 0 Å². The zero-order valence-electron chi connectivity index (χ0n) is 50.0. The number of rotatable bonds is 10. The fourth-order valence-electron chi connectivity index (χ4n) is 16.3. The van der Waals surface area contributed by atoms with Crippen LogP contribution >= 0.6 is 0 Å². The molecule has 2 aliphatic carbocycles. The van der Waals surface area contributed by atoms with Gasteiger partial charge in [-0.25, -0.2) is 0 Å². The summed E-state index contributed by atoms with van der Waals surface area (Å²) in [5.74, 6) is 0. The monoisotopic (exact) mass is 1170 g/mol. The Balaban J connectivity index is 0.922. The molecule has 0 N–H and O–H groups in total. The van der Waals surface area contributed by atoms with Gasteiger partial charge in [-0.2, -0.15) is 0 Å². The van der Waals surface area contributed by atoms with E-state index in [2.05, 4.69) is 314 Å². The number of nitrogens with zero attached hydrogens (tertiary/aromatic N) is 2. The fourth-order valence-corrected chi connectivity index (χ4v) is 21.1. The molecule has 4 nitrogen and oxygen atoms in total. The number of hydrogen-bond donors (Lipinski definition) is 0. The molecular weight excluding hydrogens is 1110 g/mol. The van der Waals surface area contributed by atoms with Crippen LogP contribution in [-0.2, 0) is 5.41 Å². The molecule has 14 aromatic carbocycles. The van der Waals surface area contributed by atoms with E-state index >= 15 is 0 Å². The van der Waals surface area contributed by atoms with Gasteiger partial charge < -0.3 is 18.6 Å².